The molecule has 0 aromatic rings. The minimum atomic E-state index is 0.528. The molecule has 4 atom stereocenters. The van der Waals surface area contributed by atoms with E-state index in [1.807, 2.05) is 0 Å². The summed E-state index contributed by atoms with van der Waals surface area (Å²) in [4.78, 5) is 3.80. The number of likely N-dealkylation sites (tertiary alicyclic amines) is 1. The standard InChI is InChI=1S/C19H33BNS/c1-13(2)19-11-15-9-10-21(14(3)4)18(22)17(15)8-6-5-7-16(12-19)20-19/h13-17H,5-12H2,1-4H3. The van der Waals surface area contributed by atoms with Crippen molar-refractivity contribution in [2.45, 2.75) is 89.8 Å². The fourth-order valence-electron chi connectivity index (χ4n) is 5.33. The molecule has 4 aliphatic rings. The van der Waals surface area contributed by atoms with Gasteiger partial charge in [0.2, 0.25) is 0 Å². The van der Waals surface area contributed by atoms with Crippen LogP contribution >= 0.6 is 12.2 Å². The van der Waals surface area contributed by atoms with Crippen molar-refractivity contribution in [3.05, 3.63) is 0 Å². The zero-order valence-electron chi connectivity index (χ0n) is 15.0. The van der Waals surface area contributed by atoms with Gasteiger partial charge in [0.15, 0.2) is 0 Å². The van der Waals surface area contributed by atoms with Crippen LogP contribution in [0, 0.1) is 17.8 Å². The van der Waals surface area contributed by atoms with E-state index < -0.39 is 0 Å². The summed E-state index contributed by atoms with van der Waals surface area (Å²) in [7, 11) is 2.75. The maximum absolute atomic E-state index is 5.95. The summed E-state index contributed by atoms with van der Waals surface area (Å²) in [5.74, 6) is 3.22. The zero-order chi connectivity index (χ0) is 15.9. The zero-order valence-corrected chi connectivity index (χ0v) is 15.8. The van der Waals surface area contributed by atoms with Gasteiger partial charge in [-0.1, -0.05) is 69.3 Å². The molecule has 3 heteroatoms. The average molecular weight is 318 g/mol. The predicted octanol–water partition coefficient (Wildman–Crippen LogP) is 5.34. The van der Waals surface area contributed by atoms with Crippen LogP contribution in [0.15, 0.2) is 0 Å². The fraction of sp³-hybridized carbons (Fsp3) is 0.947. The van der Waals surface area contributed by atoms with E-state index in [1.165, 1.54) is 56.5 Å². The second-order valence-corrected chi connectivity index (χ2v) is 9.21. The molecule has 3 aliphatic heterocycles. The van der Waals surface area contributed by atoms with E-state index in [0.29, 0.717) is 17.3 Å². The van der Waals surface area contributed by atoms with Crippen molar-refractivity contribution in [2.24, 2.45) is 17.8 Å². The fourth-order valence-corrected chi connectivity index (χ4v) is 5.94. The molecular weight excluding hydrogens is 285 g/mol. The summed E-state index contributed by atoms with van der Waals surface area (Å²) in [6, 6.07) is 0.572. The molecule has 0 spiro atoms. The molecule has 4 rings (SSSR count). The largest absolute Gasteiger partial charge is 0.363 e. The van der Waals surface area contributed by atoms with Crippen molar-refractivity contribution >= 4 is 24.5 Å². The molecule has 1 nitrogen and oxygen atoms in total. The SMILES string of the molecule is CC(C)N1CCC2CC3(C(C)C)[B]C(CCCCC2C1=S)C3. The molecule has 0 aromatic heterocycles. The van der Waals surface area contributed by atoms with Gasteiger partial charge in [-0.3, -0.25) is 0 Å². The summed E-state index contributed by atoms with van der Waals surface area (Å²) in [5, 5.41) is 0.528. The van der Waals surface area contributed by atoms with Crippen molar-refractivity contribution in [1.29, 1.82) is 0 Å². The van der Waals surface area contributed by atoms with Crippen LogP contribution in [-0.4, -0.2) is 29.8 Å². The maximum Gasteiger partial charge on any atom is 0.122 e. The lowest BCUT2D eigenvalue weighted by Crippen LogP contribution is -2.50. The van der Waals surface area contributed by atoms with Gasteiger partial charge in [0.1, 0.15) is 7.28 Å². The normalized spacial score (nSPS) is 39.3. The first-order chi connectivity index (χ1) is 10.4. The molecule has 1 saturated carbocycles. The first-order valence-electron chi connectivity index (χ1n) is 9.59. The summed E-state index contributed by atoms with van der Waals surface area (Å²) in [5.41, 5.74) is 0. The van der Waals surface area contributed by atoms with Crippen molar-refractivity contribution in [1.82, 2.24) is 4.90 Å². The molecule has 1 radical (unpaired) electrons. The third-order valence-corrected chi connectivity index (χ3v) is 7.41. The van der Waals surface area contributed by atoms with Crippen molar-refractivity contribution in [3.63, 3.8) is 0 Å². The van der Waals surface area contributed by atoms with Crippen LogP contribution in [0.3, 0.4) is 0 Å². The van der Waals surface area contributed by atoms with E-state index in [2.05, 4.69) is 39.9 Å². The van der Waals surface area contributed by atoms with Gasteiger partial charge in [0.25, 0.3) is 0 Å². The van der Waals surface area contributed by atoms with Gasteiger partial charge in [0, 0.05) is 18.5 Å². The molecule has 2 bridgehead atoms. The Bertz CT molecular complexity index is 414. The molecule has 1 aliphatic carbocycles. The van der Waals surface area contributed by atoms with Crippen LogP contribution in [0.5, 0.6) is 0 Å². The highest BCUT2D eigenvalue weighted by molar-refractivity contribution is 7.80. The van der Waals surface area contributed by atoms with Crippen LogP contribution in [0.4, 0.5) is 0 Å². The topological polar surface area (TPSA) is 3.24 Å². The minimum Gasteiger partial charge on any atom is -0.363 e. The second kappa shape index (κ2) is 6.45. The molecule has 0 amide bonds. The number of rotatable bonds is 2. The van der Waals surface area contributed by atoms with Crippen molar-refractivity contribution in [3.8, 4) is 0 Å². The lowest BCUT2D eigenvalue weighted by Gasteiger charge is -2.55. The van der Waals surface area contributed by atoms with E-state index in [4.69, 9.17) is 12.2 Å². The summed E-state index contributed by atoms with van der Waals surface area (Å²) >= 11 is 5.95. The van der Waals surface area contributed by atoms with Gasteiger partial charge in [-0.25, -0.2) is 0 Å². The average Bonchev–Trinajstić information content (AvgIpc) is 2.42. The maximum atomic E-state index is 5.95. The Hall–Kier alpha value is -0.0451. The van der Waals surface area contributed by atoms with E-state index >= 15 is 0 Å². The Morgan fingerprint density at radius 2 is 1.77 bits per heavy atom. The van der Waals surface area contributed by atoms with E-state index in [0.717, 1.165) is 17.7 Å². The van der Waals surface area contributed by atoms with Crippen LogP contribution in [0.25, 0.3) is 0 Å². The summed E-state index contributed by atoms with van der Waals surface area (Å²) in [6.07, 6.45) is 9.76. The van der Waals surface area contributed by atoms with Crippen LogP contribution in [0.1, 0.15) is 72.6 Å². The number of hydrogen-bond donors (Lipinski definition) is 0. The van der Waals surface area contributed by atoms with Crippen LogP contribution in [-0.2, 0) is 0 Å². The van der Waals surface area contributed by atoms with Gasteiger partial charge in [-0.15, -0.1) is 0 Å². The number of thiocarbonyl (C=S) groups is 1. The Morgan fingerprint density at radius 1 is 1.09 bits per heavy atom. The Kier molecular flexibility index (Phi) is 4.93. The third-order valence-electron chi connectivity index (χ3n) is 6.88. The first-order valence-corrected chi connectivity index (χ1v) is 10.0. The lowest BCUT2D eigenvalue weighted by atomic mass is 9.26. The summed E-state index contributed by atoms with van der Waals surface area (Å²) < 4.78 is 0. The molecule has 0 N–H and O–H groups in total. The molecule has 123 valence electrons. The molecule has 3 saturated heterocycles. The molecule has 4 unspecified atom stereocenters. The van der Waals surface area contributed by atoms with Gasteiger partial charge in [-0.2, -0.15) is 0 Å². The van der Waals surface area contributed by atoms with Gasteiger partial charge in [0.05, 0.1) is 4.99 Å². The lowest BCUT2D eigenvalue weighted by molar-refractivity contribution is 0.162. The summed E-state index contributed by atoms with van der Waals surface area (Å²) in [6.45, 7) is 10.7. The number of nitrogens with zero attached hydrogens (tertiary/aromatic N) is 1. The van der Waals surface area contributed by atoms with Crippen LogP contribution in [0.2, 0.25) is 11.1 Å². The monoisotopic (exact) mass is 318 g/mol. The highest BCUT2D eigenvalue weighted by Gasteiger charge is 2.50. The van der Waals surface area contributed by atoms with Crippen LogP contribution < -0.4 is 0 Å². The van der Waals surface area contributed by atoms with Gasteiger partial charge in [-0.05, 0) is 38.5 Å². The van der Waals surface area contributed by atoms with Gasteiger partial charge >= 0.3 is 0 Å². The van der Waals surface area contributed by atoms with E-state index in [9.17, 15) is 0 Å². The van der Waals surface area contributed by atoms with Crippen molar-refractivity contribution in [2.75, 3.05) is 6.54 Å². The second-order valence-electron chi connectivity index (χ2n) is 8.79. The Labute approximate surface area is 143 Å². The van der Waals surface area contributed by atoms with E-state index in [1.54, 1.807) is 0 Å². The molecule has 3 heterocycles. The molecule has 0 aromatic carbocycles. The van der Waals surface area contributed by atoms with Crippen molar-refractivity contribution < 1.29 is 0 Å². The quantitative estimate of drug-likeness (QED) is 0.500. The predicted molar refractivity (Wildman–Crippen MR) is 101 cm³/mol. The number of hydrogen-bond acceptors (Lipinski definition) is 1. The minimum absolute atomic E-state index is 0.528. The number of fused-ring (bicyclic) bond motifs is 3. The third kappa shape index (κ3) is 2.99. The smallest absolute Gasteiger partial charge is 0.122 e. The van der Waals surface area contributed by atoms with E-state index in [-0.39, 0.29) is 0 Å². The first kappa shape index (κ1) is 16.8. The Balaban J connectivity index is 1.79. The highest BCUT2D eigenvalue weighted by Crippen LogP contribution is 2.61. The molecule has 22 heavy (non-hydrogen) atoms. The van der Waals surface area contributed by atoms with Gasteiger partial charge < -0.3 is 4.90 Å². The number of piperidine rings is 1. The Morgan fingerprint density at radius 3 is 2.41 bits per heavy atom. The highest BCUT2D eigenvalue weighted by atomic mass is 32.1. The molecule has 4 fully saturated rings. The molecular formula is C19H33BNS.